The summed E-state index contributed by atoms with van der Waals surface area (Å²) in [5.74, 6) is -0.586. The molecule has 0 aliphatic rings. The Morgan fingerprint density at radius 2 is 1.67 bits per heavy atom. The predicted molar refractivity (Wildman–Crippen MR) is 96.1 cm³/mol. The summed E-state index contributed by atoms with van der Waals surface area (Å²) in [5.41, 5.74) is 0.665. The van der Waals surface area contributed by atoms with Crippen LogP contribution >= 0.6 is 23.2 Å². The van der Waals surface area contributed by atoms with E-state index in [1.807, 2.05) is 0 Å². The van der Waals surface area contributed by atoms with E-state index in [-0.39, 0.29) is 4.90 Å². The van der Waals surface area contributed by atoms with Crippen LogP contribution in [-0.4, -0.2) is 19.6 Å². The molecule has 0 aliphatic heterocycles. The first-order valence-electron chi connectivity index (χ1n) is 7.27. The van der Waals surface area contributed by atoms with Gasteiger partial charge in [0.15, 0.2) is 9.84 Å². The molecule has 0 saturated heterocycles. The number of benzene rings is 2. The smallest absolute Gasteiger partial charge is 0.238 e. The van der Waals surface area contributed by atoms with Crippen LogP contribution in [0.5, 0.6) is 0 Å². The molecule has 24 heavy (non-hydrogen) atoms. The molecule has 0 radical (unpaired) electrons. The van der Waals surface area contributed by atoms with Gasteiger partial charge < -0.3 is 5.32 Å². The van der Waals surface area contributed by atoms with Crippen LogP contribution in [0, 0.1) is 0 Å². The van der Waals surface area contributed by atoms with Gasteiger partial charge in [-0.05, 0) is 43.7 Å². The fourth-order valence-corrected chi connectivity index (χ4v) is 4.08. The van der Waals surface area contributed by atoms with E-state index < -0.39 is 27.0 Å². The highest BCUT2D eigenvalue weighted by molar-refractivity contribution is 7.92. The molecule has 0 bridgehead atoms. The zero-order valence-electron chi connectivity index (χ0n) is 13.2. The molecule has 4 nitrogen and oxygen atoms in total. The topological polar surface area (TPSA) is 63.2 Å². The van der Waals surface area contributed by atoms with Gasteiger partial charge in [0.05, 0.1) is 10.9 Å². The summed E-state index contributed by atoms with van der Waals surface area (Å²) in [4.78, 5) is 12.5. The first kappa shape index (κ1) is 18.8. The predicted octanol–water partition coefficient (Wildman–Crippen LogP) is 4.03. The minimum atomic E-state index is -3.75. The number of hydrogen-bond donors (Lipinski definition) is 1. The summed E-state index contributed by atoms with van der Waals surface area (Å²) in [6, 6.07) is 12.4. The average Bonchev–Trinajstić information content (AvgIpc) is 2.54. The lowest BCUT2D eigenvalue weighted by Gasteiger charge is -2.19. The fraction of sp³-hybridized carbons (Fsp3) is 0.235. The van der Waals surface area contributed by atoms with Gasteiger partial charge in [0.1, 0.15) is 5.25 Å². The van der Waals surface area contributed by atoms with Gasteiger partial charge in [0, 0.05) is 10.0 Å². The lowest BCUT2D eigenvalue weighted by molar-refractivity contribution is -0.121. The molecule has 2 rings (SSSR count). The van der Waals surface area contributed by atoms with Crippen molar-refractivity contribution in [3.05, 3.63) is 64.1 Å². The van der Waals surface area contributed by atoms with Crippen molar-refractivity contribution in [3.8, 4) is 0 Å². The van der Waals surface area contributed by atoms with Crippen LogP contribution in [0.25, 0.3) is 0 Å². The van der Waals surface area contributed by atoms with Gasteiger partial charge in [0.25, 0.3) is 0 Å². The average molecular weight is 386 g/mol. The number of carbonyl (C=O) groups is 1. The van der Waals surface area contributed by atoms with Gasteiger partial charge >= 0.3 is 0 Å². The molecular formula is C17H17Cl2NO3S. The molecule has 2 atom stereocenters. The van der Waals surface area contributed by atoms with E-state index >= 15 is 0 Å². The van der Waals surface area contributed by atoms with Crippen molar-refractivity contribution < 1.29 is 13.2 Å². The van der Waals surface area contributed by atoms with Gasteiger partial charge in [-0.25, -0.2) is 8.42 Å². The second-order valence-corrected chi connectivity index (χ2v) is 8.51. The van der Waals surface area contributed by atoms with E-state index in [0.717, 1.165) is 0 Å². The minimum absolute atomic E-state index is 0.116. The van der Waals surface area contributed by atoms with E-state index in [1.54, 1.807) is 43.3 Å². The molecule has 1 N–H and O–H groups in total. The Bertz CT molecular complexity index is 838. The summed E-state index contributed by atoms with van der Waals surface area (Å²) in [5, 5.41) is 2.37. The van der Waals surface area contributed by atoms with E-state index in [2.05, 4.69) is 5.32 Å². The molecule has 2 aromatic rings. The van der Waals surface area contributed by atoms with E-state index in [0.29, 0.717) is 15.6 Å². The quantitative estimate of drug-likeness (QED) is 0.844. The van der Waals surface area contributed by atoms with Crippen LogP contribution in [0.3, 0.4) is 0 Å². The summed E-state index contributed by atoms with van der Waals surface area (Å²) in [7, 11) is -3.75. The Kier molecular flexibility index (Phi) is 5.91. The number of carbonyl (C=O) groups excluding carboxylic acids is 1. The molecule has 0 fully saturated rings. The number of hydrogen-bond acceptors (Lipinski definition) is 3. The molecule has 1 amide bonds. The number of nitrogens with one attached hydrogen (secondary N) is 1. The van der Waals surface area contributed by atoms with Gasteiger partial charge in [-0.1, -0.05) is 47.5 Å². The summed E-state index contributed by atoms with van der Waals surface area (Å²) >= 11 is 12.0. The fourth-order valence-electron chi connectivity index (χ4n) is 2.22. The van der Waals surface area contributed by atoms with Gasteiger partial charge in [-0.3, -0.25) is 4.79 Å². The largest absolute Gasteiger partial charge is 0.348 e. The standard InChI is InChI=1S/C17H17Cl2NO3S/c1-11(15-9-8-13(18)10-16(15)19)20-17(21)12(2)24(22,23)14-6-4-3-5-7-14/h3-12H,1-2H3,(H,20,21). The molecule has 128 valence electrons. The van der Waals surface area contributed by atoms with Crippen molar-refractivity contribution in [2.45, 2.75) is 30.0 Å². The lowest BCUT2D eigenvalue weighted by Crippen LogP contribution is -2.39. The Labute approximate surface area is 151 Å². The molecule has 2 unspecified atom stereocenters. The Balaban J connectivity index is 2.17. The highest BCUT2D eigenvalue weighted by atomic mass is 35.5. The number of rotatable bonds is 5. The zero-order valence-corrected chi connectivity index (χ0v) is 15.5. The highest BCUT2D eigenvalue weighted by Crippen LogP contribution is 2.26. The van der Waals surface area contributed by atoms with E-state index in [1.165, 1.54) is 19.1 Å². The van der Waals surface area contributed by atoms with Crippen molar-refractivity contribution in [1.82, 2.24) is 5.32 Å². The van der Waals surface area contributed by atoms with Crippen molar-refractivity contribution in [3.63, 3.8) is 0 Å². The van der Waals surface area contributed by atoms with Crippen molar-refractivity contribution in [2.75, 3.05) is 0 Å². The Hall–Kier alpha value is -1.56. The molecular weight excluding hydrogens is 369 g/mol. The number of amides is 1. The van der Waals surface area contributed by atoms with Gasteiger partial charge in [0.2, 0.25) is 5.91 Å². The maximum Gasteiger partial charge on any atom is 0.238 e. The molecule has 0 aromatic heterocycles. The summed E-state index contributed by atoms with van der Waals surface area (Å²) < 4.78 is 25.0. The van der Waals surface area contributed by atoms with E-state index in [9.17, 15) is 13.2 Å². The molecule has 7 heteroatoms. The van der Waals surface area contributed by atoms with Crippen molar-refractivity contribution in [2.24, 2.45) is 0 Å². The SMILES string of the molecule is CC(NC(=O)C(C)S(=O)(=O)c1ccccc1)c1ccc(Cl)cc1Cl. The third-order valence-corrected chi connectivity index (χ3v) is 6.33. The highest BCUT2D eigenvalue weighted by Gasteiger charge is 2.30. The summed E-state index contributed by atoms with van der Waals surface area (Å²) in [6.45, 7) is 3.10. The molecule has 0 saturated carbocycles. The maximum atomic E-state index is 12.5. The second kappa shape index (κ2) is 7.55. The number of sulfone groups is 1. The molecule has 2 aromatic carbocycles. The first-order chi connectivity index (χ1) is 11.2. The van der Waals surface area contributed by atoms with Crippen LogP contribution in [-0.2, 0) is 14.6 Å². The normalized spacial score (nSPS) is 14.0. The molecule has 0 spiro atoms. The molecule has 0 aliphatic carbocycles. The van der Waals surface area contributed by atoms with Crippen LogP contribution in [0.2, 0.25) is 10.0 Å². The lowest BCUT2D eigenvalue weighted by atomic mass is 10.1. The number of halogens is 2. The maximum absolute atomic E-state index is 12.5. The van der Waals surface area contributed by atoms with Gasteiger partial charge in [-0.2, -0.15) is 0 Å². The Morgan fingerprint density at radius 3 is 2.25 bits per heavy atom. The Morgan fingerprint density at radius 1 is 1.04 bits per heavy atom. The first-order valence-corrected chi connectivity index (χ1v) is 9.58. The molecule has 0 heterocycles. The van der Waals surface area contributed by atoms with Crippen LogP contribution in [0.4, 0.5) is 0 Å². The monoisotopic (exact) mass is 385 g/mol. The van der Waals surface area contributed by atoms with Crippen molar-refractivity contribution >= 4 is 38.9 Å². The van der Waals surface area contributed by atoms with Crippen LogP contribution in [0.1, 0.15) is 25.5 Å². The zero-order chi connectivity index (χ0) is 17.9. The van der Waals surface area contributed by atoms with Crippen LogP contribution < -0.4 is 5.32 Å². The second-order valence-electron chi connectivity index (χ2n) is 5.40. The minimum Gasteiger partial charge on any atom is -0.348 e. The van der Waals surface area contributed by atoms with E-state index in [4.69, 9.17) is 23.2 Å². The van der Waals surface area contributed by atoms with Crippen LogP contribution in [0.15, 0.2) is 53.4 Å². The van der Waals surface area contributed by atoms with Crippen molar-refractivity contribution in [1.29, 1.82) is 0 Å². The van der Waals surface area contributed by atoms with Gasteiger partial charge in [-0.15, -0.1) is 0 Å². The summed E-state index contributed by atoms with van der Waals surface area (Å²) in [6.07, 6.45) is 0. The third-order valence-electron chi connectivity index (χ3n) is 3.69. The third kappa shape index (κ3) is 4.09.